The van der Waals surface area contributed by atoms with Gasteiger partial charge in [-0.2, -0.15) is 5.10 Å². The monoisotopic (exact) mass is 482 g/mol. The first-order chi connectivity index (χ1) is 14.2. The van der Waals surface area contributed by atoms with Crippen LogP contribution < -0.4 is 14.9 Å². The summed E-state index contributed by atoms with van der Waals surface area (Å²) in [5.74, 6) is -1.36. The number of aromatic hydroxyl groups is 1. The molecule has 0 aliphatic carbocycles. The number of non-ortho nitro benzene ring substituents is 1. The van der Waals surface area contributed by atoms with Crippen LogP contribution in [0.2, 0.25) is 0 Å². The molecular weight excluding hydrogens is 468 g/mol. The summed E-state index contributed by atoms with van der Waals surface area (Å²) in [6.45, 7) is 1.23. The van der Waals surface area contributed by atoms with E-state index in [9.17, 15) is 30.1 Å². The Kier molecular flexibility index (Phi) is 7.63. The van der Waals surface area contributed by atoms with Gasteiger partial charge in [-0.1, -0.05) is 15.9 Å². The molecule has 0 aliphatic rings. The van der Waals surface area contributed by atoms with Crippen molar-refractivity contribution in [3.8, 4) is 17.2 Å². The number of halogens is 1. The molecule has 1 amide bonds. The predicted molar refractivity (Wildman–Crippen MR) is 108 cm³/mol. The molecule has 12 nitrogen and oxygen atoms in total. The number of ether oxygens (including phenoxy) is 2. The molecule has 30 heavy (non-hydrogen) atoms. The number of rotatable bonds is 9. The molecule has 2 rings (SSSR count). The Morgan fingerprint density at radius 3 is 2.57 bits per heavy atom. The standard InChI is InChI=1S/C17H15BrN4O8/c1-2-29-15-7-12(21(25)26)5-10(17(15)24)8-19-20-16(23)9-30-14-4-3-11(18)6-13(14)22(27)28/h3-8,24H,2,9H2,1H3,(H,20,23)/b19-8+. The minimum Gasteiger partial charge on any atom is -0.504 e. The molecule has 0 radical (unpaired) electrons. The van der Waals surface area contributed by atoms with Gasteiger partial charge in [-0.05, 0) is 19.1 Å². The van der Waals surface area contributed by atoms with Crippen LogP contribution in [0.1, 0.15) is 12.5 Å². The predicted octanol–water partition coefficient (Wildman–Crippen LogP) is 2.90. The Labute approximate surface area is 177 Å². The Bertz CT molecular complexity index is 1010. The highest BCUT2D eigenvalue weighted by molar-refractivity contribution is 9.10. The molecule has 2 N–H and O–H groups in total. The fourth-order valence-corrected chi connectivity index (χ4v) is 2.54. The lowest BCUT2D eigenvalue weighted by atomic mass is 10.1. The van der Waals surface area contributed by atoms with Crippen molar-refractivity contribution in [2.24, 2.45) is 5.10 Å². The van der Waals surface area contributed by atoms with Gasteiger partial charge in [0, 0.05) is 22.2 Å². The van der Waals surface area contributed by atoms with Gasteiger partial charge in [0.2, 0.25) is 0 Å². The molecule has 13 heteroatoms. The fourth-order valence-electron chi connectivity index (χ4n) is 2.19. The van der Waals surface area contributed by atoms with Crippen molar-refractivity contribution in [1.82, 2.24) is 5.43 Å². The third-order valence-corrected chi connectivity index (χ3v) is 3.96. The number of amides is 1. The summed E-state index contributed by atoms with van der Waals surface area (Å²) in [5.41, 5.74) is 1.37. The van der Waals surface area contributed by atoms with Crippen LogP contribution in [0.3, 0.4) is 0 Å². The van der Waals surface area contributed by atoms with Crippen molar-refractivity contribution in [2.45, 2.75) is 6.92 Å². The second-order valence-corrected chi connectivity index (χ2v) is 6.44. The number of carbonyl (C=O) groups excluding carboxylic acids is 1. The number of benzene rings is 2. The van der Waals surface area contributed by atoms with Crippen molar-refractivity contribution in [3.63, 3.8) is 0 Å². The summed E-state index contributed by atoms with van der Waals surface area (Å²) in [5, 5.41) is 35.7. The molecule has 0 unspecified atom stereocenters. The number of nitro groups is 2. The van der Waals surface area contributed by atoms with E-state index in [0.29, 0.717) is 4.47 Å². The highest BCUT2D eigenvalue weighted by Gasteiger charge is 2.18. The van der Waals surface area contributed by atoms with Crippen LogP contribution in [0.25, 0.3) is 0 Å². The van der Waals surface area contributed by atoms with Gasteiger partial charge in [0.05, 0.1) is 28.7 Å². The first-order valence-corrected chi connectivity index (χ1v) is 9.05. The first kappa shape index (κ1) is 22.5. The lowest BCUT2D eigenvalue weighted by Gasteiger charge is -2.08. The first-order valence-electron chi connectivity index (χ1n) is 8.25. The molecular formula is C17H15BrN4O8. The van der Waals surface area contributed by atoms with Crippen molar-refractivity contribution < 1.29 is 29.2 Å². The van der Waals surface area contributed by atoms with Gasteiger partial charge in [-0.3, -0.25) is 25.0 Å². The molecule has 0 bridgehead atoms. The Morgan fingerprint density at radius 2 is 1.93 bits per heavy atom. The highest BCUT2D eigenvalue weighted by atomic mass is 79.9. The minimum atomic E-state index is -0.751. The van der Waals surface area contributed by atoms with E-state index in [0.717, 1.165) is 18.3 Å². The van der Waals surface area contributed by atoms with E-state index in [1.54, 1.807) is 6.92 Å². The van der Waals surface area contributed by atoms with E-state index in [1.165, 1.54) is 18.2 Å². The quantitative estimate of drug-likeness (QED) is 0.312. The van der Waals surface area contributed by atoms with Crippen LogP contribution in [0.15, 0.2) is 39.9 Å². The number of nitrogens with one attached hydrogen (secondary N) is 1. The number of carbonyl (C=O) groups is 1. The average molecular weight is 483 g/mol. The van der Waals surface area contributed by atoms with Crippen molar-refractivity contribution in [3.05, 3.63) is 60.6 Å². The summed E-state index contributed by atoms with van der Waals surface area (Å²) in [4.78, 5) is 32.6. The van der Waals surface area contributed by atoms with Gasteiger partial charge < -0.3 is 14.6 Å². The van der Waals surface area contributed by atoms with Crippen LogP contribution in [-0.4, -0.2) is 40.3 Å². The summed E-state index contributed by atoms with van der Waals surface area (Å²) in [7, 11) is 0. The third kappa shape index (κ3) is 5.88. The van der Waals surface area contributed by atoms with Crippen molar-refractivity contribution in [1.29, 1.82) is 0 Å². The molecule has 0 aromatic heterocycles. The number of hydrazone groups is 1. The Balaban J connectivity index is 2.06. The molecule has 0 saturated heterocycles. The number of hydrogen-bond acceptors (Lipinski definition) is 9. The zero-order chi connectivity index (χ0) is 22.3. The van der Waals surface area contributed by atoms with E-state index in [2.05, 4.69) is 26.5 Å². The second kappa shape index (κ2) is 10.2. The van der Waals surface area contributed by atoms with Gasteiger partial charge in [0.25, 0.3) is 11.6 Å². The molecule has 0 fully saturated rings. The maximum absolute atomic E-state index is 11.9. The number of nitro benzene ring substituents is 2. The molecule has 158 valence electrons. The van der Waals surface area contributed by atoms with Crippen LogP contribution in [0.5, 0.6) is 17.2 Å². The molecule has 0 aliphatic heterocycles. The van der Waals surface area contributed by atoms with Gasteiger partial charge >= 0.3 is 5.69 Å². The number of phenols is 1. The number of hydrogen-bond donors (Lipinski definition) is 2. The second-order valence-electron chi connectivity index (χ2n) is 5.52. The largest absolute Gasteiger partial charge is 0.504 e. The summed E-state index contributed by atoms with van der Waals surface area (Å²) >= 11 is 3.11. The zero-order valence-corrected chi connectivity index (χ0v) is 17.0. The topological polar surface area (TPSA) is 166 Å². The van der Waals surface area contributed by atoms with E-state index in [4.69, 9.17) is 9.47 Å². The number of nitrogens with zero attached hydrogens (tertiary/aromatic N) is 3. The Hall–Kier alpha value is -3.74. The summed E-state index contributed by atoms with van der Waals surface area (Å²) in [6, 6.07) is 6.18. The maximum Gasteiger partial charge on any atom is 0.312 e. The third-order valence-electron chi connectivity index (χ3n) is 3.47. The maximum atomic E-state index is 11.9. The number of phenolic OH excluding ortho intramolecular Hbond substituents is 1. The van der Waals surface area contributed by atoms with Crippen LogP contribution >= 0.6 is 15.9 Å². The molecule has 0 saturated carbocycles. The molecule has 0 atom stereocenters. The minimum absolute atomic E-state index is 0.0579. The van der Waals surface area contributed by atoms with Crippen molar-refractivity contribution in [2.75, 3.05) is 13.2 Å². The summed E-state index contributed by atoms with van der Waals surface area (Å²) in [6.07, 6.45) is 0.991. The van der Waals surface area contributed by atoms with Crippen LogP contribution in [0, 0.1) is 20.2 Å². The zero-order valence-electron chi connectivity index (χ0n) is 15.4. The highest BCUT2D eigenvalue weighted by Crippen LogP contribution is 2.34. The molecule has 0 heterocycles. The van der Waals surface area contributed by atoms with Gasteiger partial charge in [-0.25, -0.2) is 5.43 Å². The lowest BCUT2D eigenvalue weighted by Crippen LogP contribution is -2.24. The molecule has 0 spiro atoms. The fraction of sp³-hybridized carbons (Fsp3) is 0.176. The van der Waals surface area contributed by atoms with Gasteiger partial charge in [-0.15, -0.1) is 0 Å². The molecule has 2 aromatic carbocycles. The smallest absolute Gasteiger partial charge is 0.312 e. The van der Waals surface area contributed by atoms with Crippen LogP contribution in [0.4, 0.5) is 11.4 Å². The average Bonchev–Trinajstić information content (AvgIpc) is 2.69. The Morgan fingerprint density at radius 1 is 1.20 bits per heavy atom. The van der Waals surface area contributed by atoms with Crippen LogP contribution in [-0.2, 0) is 4.79 Å². The van der Waals surface area contributed by atoms with E-state index in [-0.39, 0.29) is 40.8 Å². The lowest BCUT2D eigenvalue weighted by molar-refractivity contribution is -0.385. The van der Waals surface area contributed by atoms with Gasteiger partial charge in [0.1, 0.15) is 0 Å². The van der Waals surface area contributed by atoms with E-state index in [1.807, 2.05) is 0 Å². The normalized spacial score (nSPS) is 10.6. The molecule has 2 aromatic rings. The van der Waals surface area contributed by atoms with Gasteiger partial charge in [0.15, 0.2) is 23.9 Å². The SMILES string of the molecule is CCOc1cc([N+](=O)[O-])cc(/C=N/NC(=O)COc2ccc(Br)cc2[N+](=O)[O-])c1O. The van der Waals surface area contributed by atoms with E-state index < -0.39 is 22.4 Å². The van der Waals surface area contributed by atoms with E-state index >= 15 is 0 Å². The van der Waals surface area contributed by atoms with Crippen molar-refractivity contribution >= 4 is 39.4 Å². The summed E-state index contributed by atoms with van der Waals surface area (Å²) < 4.78 is 10.7.